The summed E-state index contributed by atoms with van der Waals surface area (Å²) in [7, 11) is -3.74. The van der Waals surface area contributed by atoms with Crippen LogP contribution >= 0.6 is 0 Å². The number of benzene rings is 1. The van der Waals surface area contributed by atoms with Crippen LogP contribution in [0.2, 0.25) is 0 Å². The minimum absolute atomic E-state index is 0.0259. The molecule has 2 aliphatic rings. The summed E-state index contributed by atoms with van der Waals surface area (Å²) < 4.78 is 37.7. The van der Waals surface area contributed by atoms with E-state index in [-0.39, 0.29) is 29.4 Å². The van der Waals surface area contributed by atoms with Gasteiger partial charge in [0.15, 0.2) is 5.54 Å². The number of sulfonamides is 1. The summed E-state index contributed by atoms with van der Waals surface area (Å²) in [6.45, 7) is 3.81. The van der Waals surface area contributed by atoms with E-state index in [0.29, 0.717) is 19.0 Å². The second-order valence-corrected chi connectivity index (χ2v) is 9.89. The number of furan rings is 1. The predicted molar refractivity (Wildman–Crippen MR) is 116 cm³/mol. The maximum atomic E-state index is 12.9. The molecule has 4 amide bonds. The van der Waals surface area contributed by atoms with E-state index >= 15 is 0 Å². The monoisotopic (exact) mass is 476 g/mol. The van der Waals surface area contributed by atoms with Crippen LogP contribution in [0.4, 0.5) is 10.5 Å². The minimum Gasteiger partial charge on any atom is -0.463 e. The first-order chi connectivity index (χ1) is 15.6. The fraction of sp³-hybridized carbons (Fsp3) is 0.381. The Morgan fingerprint density at radius 2 is 1.91 bits per heavy atom. The summed E-state index contributed by atoms with van der Waals surface area (Å²) >= 11 is 0. The molecule has 176 valence electrons. The number of hydrogen-bond donors (Lipinski definition) is 2. The van der Waals surface area contributed by atoms with Crippen molar-refractivity contribution >= 4 is 33.6 Å². The van der Waals surface area contributed by atoms with Gasteiger partial charge in [-0.3, -0.25) is 14.5 Å². The van der Waals surface area contributed by atoms with Crippen molar-refractivity contribution < 1.29 is 32.0 Å². The molecular weight excluding hydrogens is 452 g/mol. The lowest BCUT2D eigenvalue weighted by Crippen LogP contribution is -2.42. The van der Waals surface area contributed by atoms with Crippen LogP contribution in [-0.4, -0.2) is 68.3 Å². The number of nitrogens with one attached hydrogen (secondary N) is 2. The molecule has 0 saturated carbocycles. The number of nitrogens with zero attached hydrogens (tertiary/aromatic N) is 2. The van der Waals surface area contributed by atoms with Crippen LogP contribution in [0.15, 0.2) is 45.7 Å². The van der Waals surface area contributed by atoms with E-state index in [1.807, 2.05) is 0 Å². The van der Waals surface area contributed by atoms with Crippen molar-refractivity contribution in [1.29, 1.82) is 0 Å². The summed E-state index contributed by atoms with van der Waals surface area (Å²) in [5.74, 6) is -0.432. The largest absolute Gasteiger partial charge is 0.463 e. The van der Waals surface area contributed by atoms with E-state index in [9.17, 15) is 22.8 Å². The molecular formula is C21H24N4O7S. The number of urea groups is 1. The molecule has 4 rings (SSSR count). The third-order valence-corrected chi connectivity index (χ3v) is 7.43. The number of amides is 4. The number of carbonyl (C=O) groups is 3. The van der Waals surface area contributed by atoms with Crippen LogP contribution < -0.4 is 10.6 Å². The van der Waals surface area contributed by atoms with Crippen molar-refractivity contribution in [2.45, 2.75) is 24.3 Å². The Kier molecular flexibility index (Phi) is 5.99. The summed E-state index contributed by atoms with van der Waals surface area (Å²) in [6, 6.07) is 8.35. The number of anilines is 1. The molecule has 2 aromatic rings. The Labute approximate surface area is 190 Å². The molecule has 0 spiro atoms. The number of hydrogen-bond acceptors (Lipinski definition) is 7. The molecule has 2 aliphatic heterocycles. The normalized spacial score (nSPS) is 21.8. The highest BCUT2D eigenvalue weighted by Gasteiger charge is 2.51. The molecule has 2 fully saturated rings. The number of morpholine rings is 1. The van der Waals surface area contributed by atoms with E-state index in [2.05, 4.69) is 10.6 Å². The molecule has 2 N–H and O–H groups in total. The smallest absolute Gasteiger partial charge is 0.325 e. The van der Waals surface area contributed by atoms with Gasteiger partial charge in [-0.05, 0) is 44.2 Å². The number of imide groups is 1. The lowest BCUT2D eigenvalue weighted by molar-refractivity contribution is -0.134. The van der Waals surface area contributed by atoms with Crippen molar-refractivity contribution in [2.75, 3.05) is 38.2 Å². The molecule has 0 bridgehead atoms. The van der Waals surface area contributed by atoms with Crippen LogP contribution in [-0.2, 0) is 29.9 Å². The fourth-order valence-corrected chi connectivity index (χ4v) is 5.18. The summed E-state index contributed by atoms with van der Waals surface area (Å²) in [5.41, 5.74) is -1.19. The maximum Gasteiger partial charge on any atom is 0.325 e. The Balaban J connectivity index is 1.45. The zero-order valence-electron chi connectivity index (χ0n) is 18.2. The molecule has 3 heterocycles. The van der Waals surface area contributed by atoms with Crippen LogP contribution in [0.25, 0.3) is 0 Å². The van der Waals surface area contributed by atoms with Gasteiger partial charge < -0.3 is 19.8 Å². The van der Waals surface area contributed by atoms with Gasteiger partial charge in [0, 0.05) is 18.8 Å². The number of carbonyl (C=O) groups excluding carboxylic acids is 3. The van der Waals surface area contributed by atoms with Crippen LogP contribution in [0, 0.1) is 6.92 Å². The zero-order chi connectivity index (χ0) is 23.8. The number of ether oxygens (including phenoxy) is 1. The second kappa shape index (κ2) is 8.61. The second-order valence-electron chi connectivity index (χ2n) is 7.95. The van der Waals surface area contributed by atoms with Crippen LogP contribution in [0.1, 0.15) is 18.4 Å². The SMILES string of the molecule is Cc1ccc(C2(C)NC(=O)N(CC(=O)Nc3cccc(S(=O)(=O)N4CCOCC4)c3)C2=O)o1. The average molecular weight is 477 g/mol. The molecule has 0 radical (unpaired) electrons. The molecule has 11 nitrogen and oxygen atoms in total. The average Bonchev–Trinajstić information content (AvgIpc) is 3.32. The quantitative estimate of drug-likeness (QED) is 0.594. The lowest BCUT2D eigenvalue weighted by atomic mass is 9.99. The highest BCUT2D eigenvalue weighted by atomic mass is 32.2. The summed E-state index contributed by atoms with van der Waals surface area (Å²) in [6.07, 6.45) is 0. The van der Waals surface area contributed by atoms with Gasteiger partial charge in [0.25, 0.3) is 5.91 Å². The predicted octanol–water partition coefficient (Wildman–Crippen LogP) is 1.01. The molecule has 1 aromatic carbocycles. The Hall–Kier alpha value is -3.22. The van der Waals surface area contributed by atoms with Gasteiger partial charge in [-0.2, -0.15) is 4.31 Å². The highest BCUT2D eigenvalue weighted by molar-refractivity contribution is 7.89. The molecule has 12 heteroatoms. The van der Waals surface area contributed by atoms with Gasteiger partial charge in [-0.25, -0.2) is 13.2 Å². The molecule has 1 aromatic heterocycles. The van der Waals surface area contributed by atoms with Crippen LogP contribution in [0.5, 0.6) is 0 Å². The van der Waals surface area contributed by atoms with Gasteiger partial charge in [-0.15, -0.1) is 0 Å². The fourth-order valence-electron chi connectivity index (χ4n) is 3.73. The van der Waals surface area contributed by atoms with Gasteiger partial charge in [0.2, 0.25) is 15.9 Å². The van der Waals surface area contributed by atoms with Crippen molar-refractivity contribution in [3.8, 4) is 0 Å². The lowest BCUT2D eigenvalue weighted by Gasteiger charge is -2.26. The standard InChI is InChI=1S/C21H24N4O7S/c1-14-6-7-17(32-14)21(2)19(27)25(20(28)23-21)13-18(26)22-15-4-3-5-16(12-15)33(29,30)24-8-10-31-11-9-24/h3-7,12H,8-11,13H2,1-2H3,(H,22,26)(H,23,28). The van der Waals surface area contributed by atoms with Crippen molar-refractivity contribution in [3.63, 3.8) is 0 Å². The minimum atomic E-state index is -3.74. The van der Waals surface area contributed by atoms with E-state index in [4.69, 9.17) is 9.15 Å². The summed E-state index contributed by atoms with van der Waals surface area (Å²) in [5, 5.41) is 5.12. The van der Waals surface area contributed by atoms with Crippen molar-refractivity contribution in [1.82, 2.24) is 14.5 Å². The molecule has 1 atom stereocenters. The first kappa shape index (κ1) is 23.0. The first-order valence-corrected chi connectivity index (χ1v) is 11.7. The zero-order valence-corrected chi connectivity index (χ0v) is 19.0. The molecule has 1 unspecified atom stereocenters. The Morgan fingerprint density at radius 1 is 1.18 bits per heavy atom. The van der Waals surface area contributed by atoms with Gasteiger partial charge >= 0.3 is 6.03 Å². The number of rotatable bonds is 6. The maximum absolute atomic E-state index is 12.9. The van der Waals surface area contributed by atoms with E-state index < -0.39 is 40.0 Å². The van der Waals surface area contributed by atoms with Gasteiger partial charge in [-0.1, -0.05) is 6.07 Å². The summed E-state index contributed by atoms with van der Waals surface area (Å²) in [4.78, 5) is 38.7. The van der Waals surface area contributed by atoms with E-state index in [0.717, 1.165) is 4.90 Å². The van der Waals surface area contributed by atoms with E-state index in [1.54, 1.807) is 19.1 Å². The Bertz CT molecular complexity index is 1200. The topological polar surface area (TPSA) is 138 Å². The van der Waals surface area contributed by atoms with Crippen molar-refractivity contribution in [3.05, 3.63) is 47.9 Å². The molecule has 33 heavy (non-hydrogen) atoms. The third kappa shape index (κ3) is 4.36. The van der Waals surface area contributed by atoms with E-state index in [1.165, 1.54) is 35.5 Å². The van der Waals surface area contributed by atoms with Gasteiger partial charge in [0.05, 0.1) is 18.1 Å². The highest BCUT2D eigenvalue weighted by Crippen LogP contribution is 2.30. The molecule has 2 saturated heterocycles. The number of aryl methyl sites for hydroxylation is 1. The molecule has 0 aliphatic carbocycles. The Morgan fingerprint density at radius 3 is 2.58 bits per heavy atom. The first-order valence-electron chi connectivity index (χ1n) is 10.3. The van der Waals surface area contributed by atoms with Crippen molar-refractivity contribution in [2.24, 2.45) is 0 Å². The van der Waals surface area contributed by atoms with Gasteiger partial charge in [0.1, 0.15) is 18.1 Å². The van der Waals surface area contributed by atoms with Crippen LogP contribution in [0.3, 0.4) is 0 Å². The third-order valence-electron chi connectivity index (χ3n) is 5.54.